The van der Waals surface area contributed by atoms with Crippen LogP contribution in [-0.4, -0.2) is 86.3 Å². The fourth-order valence-corrected chi connectivity index (χ4v) is 11.0. The van der Waals surface area contributed by atoms with Crippen molar-refractivity contribution in [3.63, 3.8) is 0 Å². The van der Waals surface area contributed by atoms with Crippen LogP contribution in [-0.2, 0) is 14.5 Å². The fraction of sp³-hybridized carbons (Fsp3) is 0.275. The third kappa shape index (κ3) is 12.9. The summed E-state index contributed by atoms with van der Waals surface area (Å²) in [5.74, 6) is 5.39. The average molecular weight is 1030 g/mol. The Morgan fingerprint density at radius 1 is 0.706 bits per heavy atom. The lowest BCUT2D eigenvalue weighted by Crippen LogP contribution is -2.36. The van der Waals surface area contributed by atoms with Crippen molar-refractivity contribution < 1.29 is 24.1 Å². The Labute approximate surface area is 425 Å². The number of hydroxylamine groups is 1. The van der Waals surface area contributed by atoms with Gasteiger partial charge in [-0.2, -0.15) is 10.5 Å². The number of benzene rings is 6. The molecule has 68 heavy (non-hydrogen) atoms. The number of hydrogen-bond donors (Lipinski definition) is 2. The van der Waals surface area contributed by atoms with Gasteiger partial charge in [0.2, 0.25) is 0 Å². The van der Waals surface area contributed by atoms with E-state index in [2.05, 4.69) is 28.4 Å². The van der Waals surface area contributed by atoms with Gasteiger partial charge in [-0.25, -0.2) is 11.4 Å². The lowest BCUT2D eigenvalue weighted by molar-refractivity contribution is -0.108. The first-order chi connectivity index (χ1) is 32.5. The minimum atomic E-state index is -0.201. The molecule has 6 aromatic carbocycles. The molecule has 0 spiro atoms. The van der Waals surface area contributed by atoms with Gasteiger partial charge in [0, 0.05) is 72.3 Å². The third-order valence-corrected chi connectivity index (χ3v) is 15.0. The standard InChI is InChI=1S/C25H23Cl2N3O2S.C24H18Cl2N2O2S.CH5NO.CH4/c1-32-29-9-8-18(16-6-7-21(26)22(27)13-16)15-30-10-11-33-24-19(14-28)12-17-4-2-3-5-20(17)23(24)25(30)31;25-20-6-5-15(12-21(20)26)17(7-9-29)14-28-8-10-31-23-18(13-27)11-16-3-1-2-4-19(16)22(23)24(28)30;1-3-2;/h2-7,12-13,18,29H,8-11,15H2,1H3;1-6,9,11-12,17H,7-8,10,14H2;2H2,1H3;1H4/t18-;17-;;/m11../s1. The highest BCUT2D eigenvalue weighted by Crippen LogP contribution is 2.39. The van der Waals surface area contributed by atoms with Crippen molar-refractivity contribution in [1.82, 2.24) is 15.3 Å². The molecule has 0 radical (unpaired) electrons. The highest BCUT2D eigenvalue weighted by molar-refractivity contribution is 7.99. The van der Waals surface area contributed by atoms with Crippen LogP contribution < -0.4 is 11.4 Å². The number of nitrogens with two attached hydrogens (primary N) is 1. The number of aldehydes is 1. The molecule has 8 rings (SSSR count). The molecule has 2 aliphatic heterocycles. The predicted octanol–water partition coefficient (Wildman–Crippen LogP) is 12.0. The van der Waals surface area contributed by atoms with E-state index in [1.807, 2.05) is 83.8 Å². The van der Waals surface area contributed by atoms with Gasteiger partial charge in [0.1, 0.15) is 18.4 Å². The smallest absolute Gasteiger partial charge is 0.255 e. The molecule has 2 heterocycles. The van der Waals surface area contributed by atoms with E-state index in [1.54, 1.807) is 42.0 Å². The van der Waals surface area contributed by atoms with Gasteiger partial charge in [0.15, 0.2) is 0 Å². The molecule has 11 nitrogen and oxygen atoms in total. The van der Waals surface area contributed by atoms with Crippen LogP contribution in [0.4, 0.5) is 0 Å². The number of fused-ring (bicyclic) bond motifs is 6. The summed E-state index contributed by atoms with van der Waals surface area (Å²) >= 11 is 27.8. The SMILES string of the molecule is C.CON.CONCC[C@H](CN1CCSc2c(C#N)cc3ccccc3c2C1=O)c1ccc(Cl)c(Cl)c1.N#Cc1cc2ccccc2c2c1SCCN(C[C@@H](CC=O)c1ccc(Cl)c(Cl)c1)C2=O. The summed E-state index contributed by atoms with van der Waals surface area (Å²) in [4.78, 5) is 52.9. The molecule has 2 amide bonds. The molecule has 2 atom stereocenters. The zero-order valence-corrected chi connectivity index (χ0v) is 41.2. The number of nitriles is 2. The molecule has 0 unspecified atom stereocenters. The van der Waals surface area contributed by atoms with Gasteiger partial charge in [0.25, 0.3) is 11.8 Å². The summed E-state index contributed by atoms with van der Waals surface area (Å²) in [6, 6.07) is 34.5. The number of nitrogens with one attached hydrogen (secondary N) is 1. The lowest BCUT2D eigenvalue weighted by atomic mass is 9.94. The van der Waals surface area contributed by atoms with Gasteiger partial charge in [-0.15, -0.1) is 23.5 Å². The molecule has 0 fully saturated rings. The van der Waals surface area contributed by atoms with E-state index in [4.69, 9.17) is 51.2 Å². The number of carbonyl (C=O) groups is 3. The predicted molar refractivity (Wildman–Crippen MR) is 277 cm³/mol. The van der Waals surface area contributed by atoms with Crippen molar-refractivity contribution in [2.24, 2.45) is 5.90 Å². The molecule has 0 aliphatic carbocycles. The molecule has 0 bridgehead atoms. The van der Waals surface area contributed by atoms with Crippen molar-refractivity contribution in [3.8, 4) is 12.1 Å². The summed E-state index contributed by atoms with van der Waals surface area (Å²) in [5.41, 5.74) is 7.02. The van der Waals surface area contributed by atoms with Crippen molar-refractivity contribution in [3.05, 3.63) is 151 Å². The second kappa shape index (κ2) is 26.2. The van der Waals surface area contributed by atoms with E-state index in [0.29, 0.717) is 80.8 Å². The summed E-state index contributed by atoms with van der Waals surface area (Å²) in [6.07, 6.45) is 1.87. The monoisotopic (exact) mass is 1030 g/mol. The zero-order chi connectivity index (χ0) is 48.0. The summed E-state index contributed by atoms with van der Waals surface area (Å²) < 4.78 is 0. The Bertz CT molecular complexity index is 2860. The van der Waals surface area contributed by atoms with Gasteiger partial charge in [-0.3, -0.25) is 9.59 Å². The lowest BCUT2D eigenvalue weighted by Gasteiger charge is -2.27. The van der Waals surface area contributed by atoms with Crippen molar-refractivity contribution in [2.45, 2.75) is 41.9 Å². The Kier molecular flexibility index (Phi) is 20.8. The second-order valence-corrected chi connectivity index (χ2v) is 19.2. The molecule has 17 heteroatoms. The number of rotatable bonds is 12. The maximum absolute atomic E-state index is 13.9. The molecular weight excluding hydrogens is 983 g/mol. The Morgan fingerprint density at radius 3 is 1.57 bits per heavy atom. The first kappa shape index (κ1) is 54.1. The average Bonchev–Trinajstić information content (AvgIpc) is 3.60. The van der Waals surface area contributed by atoms with Crippen LogP contribution in [0.2, 0.25) is 20.1 Å². The molecule has 0 saturated carbocycles. The number of amides is 2. The summed E-state index contributed by atoms with van der Waals surface area (Å²) in [6.45, 7) is 2.63. The minimum absolute atomic E-state index is 0. The summed E-state index contributed by atoms with van der Waals surface area (Å²) in [7, 11) is 2.98. The van der Waals surface area contributed by atoms with E-state index in [1.165, 1.54) is 18.9 Å². The second-order valence-electron chi connectivity index (χ2n) is 15.4. The van der Waals surface area contributed by atoms with Crippen LogP contribution in [0.5, 0.6) is 0 Å². The first-order valence-corrected chi connectivity index (χ1v) is 24.5. The molecular formula is C51H50Cl4N6O5S2. The van der Waals surface area contributed by atoms with Gasteiger partial charge >= 0.3 is 0 Å². The van der Waals surface area contributed by atoms with Crippen LogP contribution >= 0.6 is 69.9 Å². The van der Waals surface area contributed by atoms with E-state index in [-0.39, 0.29) is 37.5 Å². The van der Waals surface area contributed by atoms with E-state index in [0.717, 1.165) is 60.9 Å². The fourth-order valence-electron chi connectivity index (χ4n) is 8.13. The highest BCUT2D eigenvalue weighted by Gasteiger charge is 2.31. The molecule has 0 aromatic heterocycles. The van der Waals surface area contributed by atoms with Crippen LogP contribution in [0.15, 0.2) is 107 Å². The van der Waals surface area contributed by atoms with Crippen LogP contribution in [0, 0.1) is 22.7 Å². The first-order valence-electron chi connectivity index (χ1n) is 21.1. The van der Waals surface area contributed by atoms with E-state index in [9.17, 15) is 24.9 Å². The molecule has 354 valence electrons. The Balaban J connectivity index is 0.000000237. The van der Waals surface area contributed by atoms with Crippen LogP contribution in [0.3, 0.4) is 0 Å². The van der Waals surface area contributed by atoms with Crippen molar-refractivity contribution in [1.29, 1.82) is 10.5 Å². The Hall–Kier alpha value is -4.87. The number of halogens is 4. The number of carbonyl (C=O) groups excluding carboxylic acids is 3. The van der Waals surface area contributed by atoms with Gasteiger partial charge in [0.05, 0.1) is 56.6 Å². The van der Waals surface area contributed by atoms with Gasteiger partial charge in [-0.1, -0.05) is 114 Å². The molecule has 2 aliphatic rings. The molecule has 6 aromatic rings. The number of nitrogens with zero attached hydrogens (tertiary/aromatic N) is 4. The van der Waals surface area contributed by atoms with Crippen molar-refractivity contribution >= 4 is 110 Å². The highest BCUT2D eigenvalue weighted by atomic mass is 35.5. The van der Waals surface area contributed by atoms with E-state index < -0.39 is 0 Å². The third-order valence-electron chi connectivity index (χ3n) is 11.3. The molecule has 0 saturated heterocycles. The topological polar surface area (TPSA) is 162 Å². The Morgan fingerprint density at radius 2 is 1.15 bits per heavy atom. The normalized spacial score (nSPS) is 14.0. The number of thioether (sulfide) groups is 2. The van der Waals surface area contributed by atoms with Crippen molar-refractivity contribution in [2.75, 3.05) is 58.4 Å². The number of hydrogen-bond acceptors (Lipinski definition) is 11. The zero-order valence-electron chi connectivity index (χ0n) is 36.6. The quantitative estimate of drug-likeness (QED) is 0.0682. The molecule has 3 N–H and O–H groups in total. The van der Waals surface area contributed by atoms with Gasteiger partial charge in [-0.05, 0) is 75.5 Å². The summed E-state index contributed by atoms with van der Waals surface area (Å²) in [5, 5.41) is 24.7. The minimum Gasteiger partial charge on any atom is -0.337 e. The van der Waals surface area contributed by atoms with Gasteiger partial charge < -0.3 is 24.3 Å². The maximum Gasteiger partial charge on any atom is 0.255 e. The van der Waals surface area contributed by atoms with Crippen LogP contribution in [0.25, 0.3) is 21.5 Å². The van der Waals surface area contributed by atoms with Crippen LogP contribution in [0.1, 0.15) is 75.1 Å². The largest absolute Gasteiger partial charge is 0.337 e. The van der Waals surface area contributed by atoms with E-state index >= 15 is 0 Å². The maximum atomic E-state index is 13.9.